The van der Waals surface area contributed by atoms with E-state index in [1.54, 1.807) is 5.41 Å². The Morgan fingerprint density at radius 2 is 2.35 bits per heavy atom. The largest absolute Gasteiger partial charge is 0.338 e. The molecule has 0 aromatic rings. The third-order valence-electron chi connectivity index (χ3n) is 3.68. The summed E-state index contributed by atoms with van der Waals surface area (Å²) in [4.78, 5) is 26.9. The van der Waals surface area contributed by atoms with E-state index >= 15 is 0 Å². The normalized spacial score (nSPS) is 22.9. The summed E-state index contributed by atoms with van der Waals surface area (Å²) < 4.78 is 0. The van der Waals surface area contributed by atoms with Crippen LogP contribution in [0.2, 0.25) is 0 Å². The lowest BCUT2D eigenvalue weighted by atomic mass is 9.91. The van der Waals surface area contributed by atoms with E-state index < -0.39 is 6.03 Å². The lowest BCUT2D eigenvalue weighted by molar-refractivity contribution is -0.106. The van der Waals surface area contributed by atoms with Gasteiger partial charge in [-0.15, -0.1) is 0 Å². The van der Waals surface area contributed by atoms with Crippen molar-refractivity contribution in [3.05, 3.63) is 11.1 Å². The molecule has 0 aromatic carbocycles. The molecule has 1 aliphatic heterocycles. The molecule has 7 heteroatoms. The van der Waals surface area contributed by atoms with Crippen LogP contribution in [0.3, 0.4) is 0 Å². The number of nitrogens with one attached hydrogen (secondary N) is 1. The minimum Gasteiger partial charge on any atom is -0.296 e. The van der Waals surface area contributed by atoms with Gasteiger partial charge in [0.2, 0.25) is 0 Å². The van der Waals surface area contributed by atoms with Crippen molar-refractivity contribution in [3.8, 4) is 0 Å². The molecule has 6 nitrogen and oxygen atoms in total. The summed E-state index contributed by atoms with van der Waals surface area (Å²) in [6.07, 6.45) is 4.24. The molecule has 2 rings (SSSR count). The van der Waals surface area contributed by atoms with E-state index in [0.29, 0.717) is 23.9 Å². The Labute approximate surface area is 123 Å². The van der Waals surface area contributed by atoms with Crippen molar-refractivity contribution in [1.82, 2.24) is 15.2 Å². The maximum absolute atomic E-state index is 12.0. The summed E-state index contributed by atoms with van der Waals surface area (Å²) in [6, 6.07) is 0.0498. The molecule has 1 saturated carbocycles. The molecule has 0 aromatic heterocycles. The van der Waals surface area contributed by atoms with Crippen molar-refractivity contribution in [2.45, 2.75) is 44.6 Å². The number of hydrazine groups is 1. The van der Waals surface area contributed by atoms with Crippen molar-refractivity contribution < 1.29 is 9.59 Å². The highest BCUT2D eigenvalue weighted by molar-refractivity contribution is 8.02. The quantitative estimate of drug-likeness (QED) is 0.348. The zero-order valence-corrected chi connectivity index (χ0v) is 12.7. The van der Waals surface area contributed by atoms with Gasteiger partial charge in [-0.1, -0.05) is 32.0 Å². The second-order valence-electron chi connectivity index (χ2n) is 5.62. The van der Waals surface area contributed by atoms with Gasteiger partial charge in [-0.25, -0.2) is 10.6 Å². The molecule has 2 amide bonds. The van der Waals surface area contributed by atoms with Crippen LogP contribution in [0.5, 0.6) is 0 Å². The van der Waals surface area contributed by atoms with Gasteiger partial charge in [0, 0.05) is 18.0 Å². The first-order valence-electron chi connectivity index (χ1n) is 6.94. The van der Waals surface area contributed by atoms with Crippen LogP contribution in [-0.4, -0.2) is 40.2 Å². The van der Waals surface area contributed by atoms with Gasteiger partial charge in [0.1, 0.15) is 5.50 Å². The Morgan fingerprint density at radius 3 is 2.80 bits per heavy atom. The fourth-order valence-electron chi connectivity index (χ4n) is 2.53. The maximum atomic E-state index is 12.0. The summed E-state index contributed by atoms with van der Waals surface area (Å²) in [5, 5.41) is 1.74. The summed E-state index contributed by atoms with van der Waals surface area (Å²) in [5.41, 5.74) is 2.33. The summed E-state index contributed by atoms with van der Waals surface area (Å²) in [7, 11) is 0. The summed E-state index contributed by atoms with van der Waals surface area (Å²) >= 11 is 1.50. The van der Waals surface area contributed by atoms with Gasteiger partial charge in [-0.2, -0.15) is 0 Å². The molecule has 2 aliphatic rings. The summed E-state index contributed by atoms with van der Waals surface area (Å²) in [5.74, 6) is 5.74. The molecule has 0 saturated heterocycles. The van der Waals surface area contributed by atoms with Crippen LogP contribution in [0, 0.1) is 5.92 Å². The SMILES string of the molecule is CC(C)CN(C1CCC1)C1SC=C(C=O)N1C(=O)NN. The molecule has 0 bridgehead atoms. The van der Waals surface area contributed by atoms with Crippen LogP contribution in [0.25, 0.3) is 0 Å². The molecule has 1 aliphatic carbocycles. The Kier molecular flexibility index (Phi) is 5.06. The number of thioether (sulfide) groups is 1. The number of hydrogen-bond acceptors (Lipinski definition) is 5. The van der Waals surface area contributed by atoms with Crippen LogP contribution in [0.4, 0.5) is 4.79 Å². The van der Waals surface area contributed by atoms with Crippen molar-refractivity contribution in [1.29, 1.82) is 0 Å². The van der Waals surface area contributed by atoms with Crippen molar-refractivity contribution >= 4 is 24.1 Å². The monoisotopic (exact) mass is 298 g/mol. The Bertz CT molecular complexity index is 409. The highest BCUT2D eigenvalue weighted by Gasteiger charge is 2.40. The topological polar surface area (TPSA) is 78.7 Å². The second-order valence-corrected chi connectivity index (χ2v) is 6.55. The molecule has 1 heterocycles. The predicted octanol–water partition coefficient (Wildman–Crippen LogP) is 1.45. The number of hydrogen-bond donors (Lipinski definition) is 2. The van der Waals surface area contributed by atoms with Crippen molar-refractivity contribution in [3.63, 3.8) is 0 Å². The lowest BCUT2D eigenvalue weighted by Crippen LogP contribution is -2.56. The maximum Gasteiger partial charge on any atom is 0.338 e. The number of carbonyl (C=O) groups is 2. The van der Waals surface area contributed by atoms with Crippen molar-refractivity contribution in [2.75, 3.05) is 6.54 Å². The molecule has 0 spiro atoms. The standard InChI is InChI=1S/C13H22N4O2S/c1-9(2)6-16(10-4-3-5-10)13-17(12(19)15-14)11(7-18)8-20-13/h7-10,13H,3-6,14H2,1-2H3,(H,15,19). The summed E-state index contributed by atoms with van der Waals surface area (Å²) in [6.45, 7) is 5.22. The molecule has 112 valence electrons. The van der Waals surface area contributed by atoms with Gasteiger partial charge in [0.15, 0.2) is 6.29 Å². The van der Waals surface area contributed by atoms with Gasteiger partial charge in [0.25, 0.3) is 0 Å². The van der Waals surface area contributed by atoms with Gasteiger partial charge >= 0.3 is 6.03 Å². The number of nitrogens with two attached hydrogens (primary N) is 1. The number of allylic oxidation sites excluding steroid dienone is 1. The van der Waals surface area contributed by atoms with E-state index in [1.165, 1.54) is 23.1 Å². The number of amides is 2. The highest BCUT2D eigenvalue weighted by Crippen LogP contribution is 2.37. The smallest absolute Gasteiger partial charge is 0.296 e. The van der Waals surface area contributed by atoms with Gasteiger partial charge < -0.3 is 0 Å². The first-order chi connectivity index (χ1) is 9.58. The van der Waals surface area contributed by atoms with Crippen LogP contribution in [0.1, 0.15) is 33.1 Å². The zero-order chi connectivity index (χ0) is 14.7. The number of aldehydes is 1. The van der Waals surface area contributed by atoms with E-state index in [-0.39, 0.29) is 5.50 Å². The second kappa shape index (κ2) is 6.60. The van der Waals surface area contributed by atoms with Crippen LogP contribution in [-0.2, 0) is 4.79 Å². The van der Waals surface area contributed by atoms with E-state index in [9.17, 15) is 9.59 Å². The molecule has 1 fully saturated rings. The predicted molar refractivity (Wildman–Crippen MR) is 79.3 cm³/mol. The number of carbonyl (C=O) groups excluding carboxylic acids is 2. The fraction of sp³-hybridized carbons (Fsp3) is 0.692. The average molecular weight is 298 g/mol. The molecule has 1 unspecified atom stereocenters. The van der Waals surface area contributed by atoms with Gasteiger partial charge in [-0.3, -0.25) is 20.0 Å². The molecule has 3 N–H and O–H groups in total. The highest BCUT2D eigenvalue weighted by atomic mass is 32.2. The van der Waals surface area contributed by atoms with Crippen molar-refractivity contribution in [2.24, 2.45) is 11.8 Å². The lowest BCUT2D eigenvalue weighted by Gasteiger charge is -2.44. The third kappa shape index (κ3) is 2.99. The Hall–Kier alpha value is -1.05. The molecule has 0 radical (unpaired) electrons. The van der Waals surface area contributed by atoms with E-state index in [4.69, 9.17) is 5.84 Å². The Balaban J connectivity index is 2.18. The fourth-order valence-corrected chi connectivity index (χ4v) is 3.72. The molecular formula is C13H22N4O2S. The van der Waals surface area contributed by atoms with Crippen LogP contribution < -0.4 is 11.3 Å². The van der Waals surface area contributed by atoms with Crippen LogP contribution in [0.15, 0.2) is 11.1 Å². The molecule has 20 heavy (non-hydrogen) atoms. The van der Waals surface area contributed by atoms with E-state index in [1.807, 2.05) is 0 Å². The van der Waals surface area contributed by atoms with Gasteiger partial charge in [0.05, 0.1) is 5.70 Å². The van der Waals surface area contributed by atoms with Gasteiger partial charge in [-0.05, 0) is 18.8 Å². The minimum absolute atomic E-state index is 0.175. The zero-order valence-electron chi connectivity index (χ0n) is 11.9. The average Bonchev–Trinajstić information content (AvgIpc) is 2.77. The Morgan fingerprint density at radius 1 is 1.65 bits per heavy atom. The number of urea groups is 1. The third-order valence-corrected chi connectivity index (χ3v) is 4.78. The minimum atomic E-state index is -0.438. The van der Waals surface area contributed by atoms with E-state index in [2.05, 4.69) is 24.2 Å². The molecular weight excluding hydrogens is 276 g/mol. The number of nitrogens with zero attached hydrogens (tertiary/aromatic N) is 2. The first-order valence-corrected chi connectivity index (χ1v) is 7.89. The first kappa shape index (κ1) is 15.3. The van der Waals surface area contributed by atoms with Crippen LogP contribution >= 0.6 is 11.8 Å². The molecule has 1 atom stereocenters. The van der Waals surface area contributed by atoms with E-state index in [0.717, 1.165) is 19.4 Å². The number of rotatable bonds is 5.